The van der Waals surface area contributed by atoms with Crippen LogP contribution in [-0.2, 0) is 22.3 Å². The van der Waals surface area contributed by atoms with Gasteiger partial charge in [0.1, 0.15) is 0 Å². The van der Waals surface area contributed by atoms with Crippen LogP contribution in [0, 0.1) is 0 Å². The maximum Gasteiger partial charge on any atom is 0.337 e. The maximum atomic E-state index is 11.6. The van der Waals surface area contributed by atoms with E-state index in [-0.39, 0.29) is 11.9 Å². The summed E-state index contributed by atoms with van der Waals surface area (Å²) in [6.45, 7) is 0. The fourth-order valence-corrected chi connectivity index (χ4v) is 2.83. The van der Waals surface area contributed by atoms with Crippen molar-refractivity contribution in [3.63, 3.8) is 0 Å². The molecule has 0 saturated heterocycles. The SMILES string of the molecule is COC(=O)c1ccc2c(c1)Cc1ccc(C(=O)OC)cc1C2. The molecule has 4 nitrogen and oxygen atoms in total. The van der Waals surface area contributed by atoms with Gasteiger partial charge in [-0.2, -0.15) is 0 Å². The lowest BCUT2D eigenvalue weighted by molar-refractivity contribution is 0.0591. The molecule has 3 rings (SSSR count). The van der Waals surface area contributed by atoms with Crippen LogP contribution < -0.4 is 0 Å². The van der Waals surface area contributed by atoms with Crippen molar-refractivity contribution in [3.05, 3.63) is 69.8 Å². The molecule has 2 aromatic rings. The van der Waals surface area contributed by atoms with Crippen LogP contribution in [0.2, 0.25) is 0 Å². The molecule has 0 heterocycles. The first-order chi connectivity index (χ1) is 10.6. The van der Waals surface area contributed by atoms with Gasteiger partial charge >= 0.3 is 11.9 Å². The molecule has 0 aromatic heterocycles. The molecule has 1 aliphatic rings. The Kier molecular flexibility index (Phi) is 3.67. The summed E-state index contributed by atoms with van der Waals surface area (Å²) < 4.78 is 9.52. The normalized spacial score (nSPS) is 12.1. The standard InChI is InChI=1S/C18H16O4/c1-21-17(19)13-5-3-11-8-16-10-14(18(20)22-2)6-4-12(16)7-15(11)9-13/h3-6,9-10H,7-8H2,1-2H3. The average Bonchev–Trinajstić information content (AvgIpc) is 2.57. The van der Waals surface area contributed by atoms with Crippen molar-refractivity contribution >= 4 is 11.9 Å². The fraction of sp³-hybridized carbons (Fsp3) is 0.222. The van der Waals surface area contributed by atoms with E-state index < -0.39 is 0 Å². The van der Waals surface area contributed by atoms with Crippen molar-refractivity contribution < 1.29 is 19.1 Å². The van der Waals surface area contributed by atoms with E-state index in [1.807, 2.05) is 24.3 Å². The van der Waals surface area contributed by atoms with Crippen molar-refractivity contribution in [1.82, 2.24) is 0 Å². The van der Waals surface area contributed by atoms with E-state index in [1.54, 1.807) is 12.1 Å². The molecule has 22 heavy (non-hydrogen) atoms. The largest absolute Gasteiger partial charge is 0.465 e. The van der Waals surface area contributed by atoms with Crippen LogP contribution in [-0.4, -0.2) is 26.2 Å². The molecule has 0 spiro atoms. The minimum Gasteiger partial charge on any atom is -0.465 e. The van der Waals surface area contributed by atoms with Crippen LogP contribution in [0.4, 0.5) is 0 Å². The van der Waals surface area contributed by atoms with Gasteiger partial charge in [0, 0.05) is 0 Å². The average molecular weight is 296 g/mol. The third kappa shape index (κ3) is 2.48. The second kappa shape index (κ2) is 5.64. The van der Waals surface area contributed by atoms with Gasteiger partial charge in [-0.3, -0.25) is 0 Å². The first kappa shape index (κ1) is 14.3. The van der Waals surface area contributed by atoms with Crippen molar-refractivity contribution in [2.75, 3.05) is 14.2 Å². The Morgan fingerprint density at radius 1 is 0.727 bits per heavy atom. The molecular weight excluding hydrogens is 280 g/mol. The topological polar surface area (TPSA) is 52.6 Å². The summed E-state index contributed by atoms with van der Waals surface area (Å²) in [4.78, 5) is 23.2. The molecule has 4 heteroatoms. The van der Waals surface area contributed by atoms with Gasteiger partial charge in [-0.25, -0.2) is 9.59 Å². The van der Waals surface area contributed by atoms with E-state index in [0.717, 1.165) is 24.0 Å². The molecule has 0 atom stereocenters. The number of esters is 2. The summed E-state index contributed by atoms with van der Waals surface area (Å²) in [6, 6.07) is 11.2. The lowest BCUT2D eigenvalue weighted by Gasteiger charge is -2.20. The van der Waals surface area contributed by atoms with E-state index in [1.165, 1.54) is 25.3 Å². The Morgan fingerprint density at radius 3 is 1.50 bits per heavy atom. The zero-order valence-corrected chi connectivity index (χ0v) is 12.5. The van der Waals surface area contributed by atoms with Gasteiger partial charge in [0.15, 0.2) is 0 Å². The Balaban J connectivity index is 1.95. The molecule has 112 valence electrons. The highest BCUT2D eigenvalue weighted by molar-refractivity contribution is 5.90. The molecular formula is C18H16O4. The van der Waals surface area contributed by atoms with Gasteiger partial charge in [-0.05, 0) is 59.4 Å². The molecule has 0 bridgehead atoms. The molecule has 1 aliphatic carbocycles. The third-order valence-corrected chi connectivity index (χ3v) is 4.02. The number of carbonyl (C=O) groups is 2. The number of methoxy groups -OCH3 is 2. The molecule has 0 radical (unpaired) electrons. The van der Waals surface area contributed by atoms with Crippen LogP contribution in [0.1, 0.15) is 43.0 Å². The van der Waals surface area contributed by atoms with Gasteiger partial charge in [0.25, 0.3) is 0 Å². The minimum atomic E-state index is -0.324. The number of benzene rings is 2. The highest BCUT2D eigenvalue weighted by atomic mass is 16.5. The van der Waals surface area contributed by atoms with E-state index in [2.05, 4.69) is 0 Å². The number of fused-ring (bicyclic) bond motifs is 2. The smallest absolute Gasteiger partial charge is 0.337 e. The molecule has 2 aromatic carbocycles. The number of hydrogen-bond donors (Lipinski definition) is 0. The molecule has 0 unspecified atom stereocenters. The quantitative estimate of drug-likeness (QED) is 0.682. The highest BCUT2D eigenvalue weighted by Crippen LogP contribution is 2.29. The van der Waals surface area contributed by atoms with Crippen LogP contribution in [0.5, 0.6) is 0 Å². The molecule has 0 N–H and O–H groups in total. The van der Waals surface area contributed by atoms with E-state index >= 15 is 0 Å². The maximum absolute atomic E-state index is 11.6. The zero-order valence-electron chi connectivity index (χ0n) is 12.5. The van der Waals surface area contributed by atoms with Crippen molar-refractivity contribution in [1.29, 1.82) is 0 Å². The van der Waals surface area contributed by atoms with Crippen LogP contribution in [0.25, 0.3) is 0 Å². The van der Waals surface area contributed by atoms with Gasteiger partial charge < -0.3 is 9.47 Å². The summed E-state index contributed by atoms with van der Waals surface area (Å²) in [5.41, 5.74) is 5.72. The van der Waals surface area contributed by atoms with Crippen molar-refractivity contribution in [2.24, 2.45) is 0 Å². The number of ether oxygens (including phenoxy) is 2. The second-order valence-corrected chi connectivity index (χ2v) is 5.30. The van der Waals surface area contributed by atoms with Crippen LogP contribution >= 0.6 is 0 Å². The van der Waals surface area contributed by atoms with Gasteiger partial charge in [0.2, 0.25) is 0 Å². The molecule has 0 saturated carbocycles. The molecule has 0 amide bonds. The number of carbonyl (C=O) groups excluding carboxylic acids is 2. The van der Waals surface area contributed by atoms with E-state index in [9.17, 15) is 9.59 Å². The first-order valence-electron chi connectivity index (χ1n) is 7.02. The van der Waals surface area contributed by atoms with Crippen LogP contribution in [0.15, 0.2) is 36.4 Å². The zero-order chi connectivity index (χ0) is 15.7. The second-order valence-electron chi connectivity index (χ2n) is 5.30. The van der Waals surface area contributed by atoms with E-state index in [0.29, 0.717) is 11.1 Å². The number of hydrogen-bond acceptors (Lipinski definition) is 4. The summed E-state index contributed by atoms with van der Waals surface area (Å²) >= 11 is 0. The van der Waals surface area contributed by atoms with Crippen molar-refractivity contribution in [2.45, 2.75) is 12.8 Å². The minimum absolute atomic E-state index is 0.324. The lowest BCUT2D eigenvalue weighted by Crippen LogP contribution is -2.11. The highest BCUT2D eigenvalue weighted by Gasteiger charge is 2.19. The third-order valence-electron chi connectivity index (χ3n) is 4.02. The predicted molar refractivity (Wildman–Crippen MR) is 81.2 cm³/mol. The first-order valence-corrected chi connectivity index (χ1v) is 7.02. The Hall–Kier alpha value is -2.62. The summed E-state index contributed by atoms with van der Waals surface area (Å²) in [5, 5.41) is 0. The van der Waals surface area contributed by atoms with Gasteiger partial charge in [0.05, 0.1) is 25.3 Å². The Morgan fingerprint density at radius 2 is 1.14 bits per heavy atom. The summed E-state index contributed by atoms with van der Waals surface area (Å²) in [6.07, 6.45) is 1.49. The fourth-order valence-electron chi connectivity index (χ4n) is 2.83. The monoisotopic (exact) mass is 296 g/mol. The van der Waals surface area contributed by atoms with Crippen LogP contribution in [0.3, 0.4) is 0 Å². The lowest BCUT2D eigenvalue weighted by atomic mass is 9.84. The van der Waals surface area contributed by atoms with Gasteiger partial charge in [-0.1, -0.05) is 12.1 Å². The van der Waals surface area contributed by atoms with Crippen molar-refractivity contribution in [3.8, 4) is 0 Å². The molecule has 0 fully saturated rings. The number of rotatable bonds is 2. The molecule has 0 aliphatic heterocycles. The Labute approximate surface area is 128 Å². The summed E-state index contributed by atoms with van der Waals surface area (Å²) in [7, 11) is 2.76. The van der Waals surface area contributed by atoms with E-state index in [4.69, 9.17) is 9.47 Å². The van der Waals surface area contributed by atoms with Gasteiger partial charge in [-0.15, -0.1) is 0 Å². The predicted octanol–water partition coefficient (Wildman–Crippen LogP) is 2.75. The Bertz CT molecular complexity index is 696. The summed E-state index contributed by atoms with van der Waals surface area (Å²) in [5.74, 6) is -0.649.